The second kappa shape index (κ2) is 7.02. The predicted molar refractivity (Wildman–Crippen MR) is 84.3 cm³/mol. The van der Waals surface area contributed by atoms with Gasteiger partial charge in [0.2, 0.25) is 0 Å². The molecule has 1 fully saturated rings. The van der Waals surface area contributed by atoms with Gasteiger partial charge < -0.3 is 4.90 Å². The molecule has 21 heavy (non-hydrogen) atoms. The number of likely N-dealkylation sites (tertiary alicyclic amines) is 1. The molecule has 1 aromatic carbocycles. The Morgan fingerprint density at radius 2 is 2.19 bits per heavy atom. The van der Waals surface area contributed by atoms with Crippen LogP contribution in [0.4, 0.5) is 5.69 Å². The lowest BCUT2D eigenvalue weighted by Gasteiger charge is -2.21. The number of amides is 1. The molecule has 2 rings (SSSR count). The van der Waals surface area contributed by atoms with E-state index in [9.17, 15) is 14.9 Å². The van der Waals surface area contributed by atoms with Crippen LogP contribution < -0.4 is 0 Å². The lowest BCUT2D eigenvalue weighted by molar-refractivity contribution is -0.384. The van der Waals surface area contributed by atoms with E-state index < -0.39 is 4.92 Å². The molecule has 1 aromatic rings. The van der Waals surface area contributed by atoms with Crippen molar-refractivity contribution < 1.29 is 9.72 Å². The van der Waals surface area contributed by atoms with Gasteiger partial charge in [0.05, 0.1) is 10.5 Å². The zero-order valence-electron chi connectivity index (χ0n) is 12.0. The Bertz CT molecular complexity index is 548. The maximum absolute atomic E-state index is 12.6. The highest BCUT2D eigenvalue weighted by Crippen LogP contribution is 2.26. The van der Waals surface area contributed by atoms with E-state index in [4.69, 9.17) is 0 Å². The number of benzene rings is 1. The number of rotatable bonds is 3. The number of nitro groups is 1. The van der Waals surface area contributed by atoms with E-state index in [1.54, 1.807) is 6.07 Å². The third-order valence-corrected chi connectivity index (χ3v) is 4.79. The van der Waals surface area contributed by atoms with Gasteiger partial charge in [0.25, 0.3) is 11.6 Å². The standard InChI is InChI=1S/C15H19BrN2O3/c1-2-11-4-3-8-17(9-7-11)15(19)13-10-12(18(20)21)5-6-14(13)16/h5-6,10-11H,2-4,7-9H2,1H3. The van der Waals surface area contributed by atoms with Crippen molar-refractivity contribution in [2.24, 2.45) is 5.92 Å². The summed E-state index contributed by atoms with van der Waals surface area (Å²) in [7, 11) is 0. The third-order valence-electron chi connectivity index (χ3n) is 4.10. The molecule has 114 valence electrons. The van der Waals surface area contributed by atoms with Crippen LogP contribution in [0.1, 0.15) is 43.0 Å². The molecule has 5 nitrogen and oxygen atoms in total. The summed E-state index contributed by atoms with van der Waals surface area (Å²) in [5.74, 6) is 0.554. The largest absolute Gasteiger partial charge is 0.339 e. The van der Waals surface area contributed by atoms with Gasteiger partial charge in [-0.2, -0.15) is 0 Å². The van der Waals surface area contributed by atoms with Gasteiger partial charge in [0, 0.05) is 29.7 Å². The Morgan fingerprint density at radius 1 is 1.43 bits per heavy atom. The number of non-ortho nitro benzene ring substituents is 1. The van der Waals surface area contributed by atoms with Crippen molar-refractivity contribution in [3.8, 4) is 0 Å². The molecule has 1 atom stereocenters. The summed E-state index contributed by atoms with van der Waals surface area (Å²) in [6.45, 7) is 3.64. The summed E-state index contributed by atoms with van der Waals surface area (Å²) in [5, 5.41) is 10.9. The molecular formula is C15H19BrN2O3. The van der Waals surface area contributed by atoms with Crippen LogP contribution in [0.5, 0.6) is 0 Å². The minimum absolute atomic E-state index is 0.0530. The molecule has 1 aliphatic heterocycles. The number of halogens is 1. The molecule has 1 aliphatic rings. The molecule has 0 bridgehead atoms. The van der Waals surface area contributed by atoms with Crippen molar-refractivity contribution in [3.63, 3.8) is 0 Å². The molecule has 0 aromatic heterocycles. The zero-order valence-corrected chi connectivity index (χ0v) is 13.6. The second-order valence-electron chi connectivity index (χ2n) is 5.42. The van der Waals surface area contributed by atoms with Crippen LogP contribution in [0, 0.1) is 16.0 Å². The fourth-order valence-electron chi connectivity index (χ4n) is 2.74. The van der Waals surface area contributed by atoms with Gasteiger partial charge in [-0.25, -0.2) is 0 Å². The van der Waals surface area contributed by atoms with Crippen LogP contribution in [0.25, 0.3) is 0 Å². The molecule has 0 N–H and O–H groups in total. The molecule has 6 heteroatoms. The van der Waals surface area contributed by atoms with Crippen LogP contribution in [-0.2, 0) is 0 Å². The highest BCUT2D eigenvalue weighted by atomic mass is 79.9. The van der Waals surface area contributed by atoms with E-state index >= 15 is 0 Å². The Kier molecular flexibility index (Phi) is 5.33. The summed E-state index contributed by atoms with van der Waals surface area (Å²) in [4.78, 5) is 24.8. The average Bonchev–Trinajstić information content (AvgIpc) is 2.72. The van der Waals surface area contributed by atoms with Crippen LogP contribution in [0.15, 0.2) is 22.7 Å². The van der Waals surface area contributed by atoms with E-state index in [1.165, 1.54) is 12.1 Å². The maximum atomic E-state index is 12.6. The SMILES string of the molecule is CCC1CCCN(C(=O)c2cc([N+](=O)[O-])ccc2Br)CC1. The fraction of sp³-hybridized carbons (Fsp3) is 0.533. The summed E-state index contributed by atoms with van der Waals surface area (Å²) in [6.07, 6.45) is 4.30. The van der Waals surface area contributed by atoms with Gasteiger partial charge in [-0.3, -0.25) is 14.9 Å². The summed E-state index contributed by atoms with van der Waals surface area (Å²) in [5.41, 5.74) is 0.321. The first-order valence-corrected chi connectivity index (χ1v) is 8.05. The van der Waals surface area contributed by atoms with Crippen LogP contribution in [0.3, 0.4) is 0 Å². The summed E-state index contributed by atoms with van der Waals surface area (Å²) < 4.78 is 0.606. The Hall–Kier alpha value is -1.43. The number of carbonyl (C=O) groups excluding carboxylic acids is 1. The number of carbonyl (C=O) groups is 1. The lowest BCUT2D eigenvalue weighted by atomic mass is 9.98. The number of hydrogen-bond acceptors (Lipinski definition) is 3. The van der Waals surface area contributed by atoms with Crippen LogP contribution >= 0.6 is 15.9 Å². The van der Waals surface area contributed by atoms with E-state index in [1.807, 2.05) is 4.90 Å². The Labute approximate surface area is 132 Å². The Morgan fingerprint density at radius 3 is 2.86 bits per heavy atom. The van der Waals surface area contributed by atoms with E-state index in [0.29, 0.717) is 16.0 Å². The van der Waals surface area contributed by atoms with Gasteiger partial charge in [0.1, 0.15) is 0 Å². The van der Waals surface area contributed by atoms with Gasteiger partial charge in [0.15, 0.2) is 0 Å². The molecule has 1 heterocycles. The topological polar surface area (TPSA) is 63.5 Å². The second-order valence-corrected chi connectivity index (χ2v) is 6.27. The highest BCUT2D eigenvalue weighted by Gasteiger charge is 2.23. The van der Waals surface area contributed by atoms with Crippen molar-refractivity contribution >= 4 is 27.5 Å². The van der Waals surface area contributed by atoms with E-state index in [0.717, 1.165) is 38.8 Å². The van der Waals surface area contributed by atoms with Gasteiger partial charge in [-0.1, -0.05) is 13.3 Å². The zero-order chi connectivity index (χ0) is 15.4. The Balaban J connectivity index is 2.19. The van der Waals surface area contributed by atoms with Crippen molar-refractivity contribution in [2.45, 2.75) is 32.6 Å². The quantitative estimate of drug-likeness (QED) is 0.608. The first-order valence-electron chi connectivity index (χ1n) is 7.26. The molecule has 0 aliphatic carbocycles. The number of nitrogens with zero attached hydrogens (tertiary/aromatic N) is 2. The van der Waals surface area contributed by atoms with Gasteiger partial charge in [-0.05, 0) is 47.2 Å². The van der Waals surface area contributed by atoms with E-state index in [2.05, 4.69) is 22.9 Å². The van der Waals surface area contributed by atoms with Crippen LogP contribution in [-0.4, -0.2) is 28.8 Å². The van der Waals surface area contributed by atoms with Crippen molar-refractivity contribution in [1.82, 2.24) is 4.90 Å². The number of hydrogen-bond donors (Lipinski definition) is 0. The average molecular weight is 355 g/mol. The first-order chi connectivity index (χ1) is 10.0. The monoisotopic (exact) mass is 354 g/mol. The van der Waals surface area contributed by atoms with Crippen molar-refractivity contribution in [1.29, 1.82) is 0 Å². The molecular weight excluding hydrogens is 336 g/mol. The van der Waals surface area contributed by atoms with Crippen LogP contribution in [0.2, 0.25) is 0 Å². The number of nitro benzene ring substituents is 1. The molecule has 1 saturated heterocycles. The van der Waals surface area contributed by atoms with Crippen molar-refractivity contribution in [3.05, 3.63) is 38.3 Å². The lowest BCUT2D eigenvalue weighted by Crippen LogP contribution is -2.32. The molecule has 0 saturated carbocycles. The first kappa shape index (κ1) is 15.9. The minimum atomic E-state index is -0.473. The predicted octanol–water partition coefficient (Wildman–Crippen LogP) is 4.01. The smallest absolute Gasteiger partial charge is 0.270 e. The normalized spacial score (nSPS) is 19.1. The summed E-state index contributed by atoms with van der Waals surface area (Å²) >= 11 is 3.32. The molecule has 1 amide bonds. The molecule has 1 unspecified atom stereocenters. The minimum Gasteiger partial charge on any atom is -0.339 e. The third kappa shape index (κ3) is 3.81. The van der Waals surface area contributed by atoms with E-state index in [-0.39, 0.29) is 11.6 Å². The maximum Gasteiger partial charge on any atom is 0.270 e. The fourth-order valence-corrected chi connectivity index (χ4v) is 3.15. The van der Waals surface area contributed by atoms with Gasteiger partial charge in [-0.15, -0.1) is 0 Å². The van der Waals surface area contributed by atoms with Crippen molar-refractivity contribution in [2.75, 3.05) is 13.1 Å². The molecule has 0 radical (unpaired) electrons. The summed E-state index contributed by atoms with van der Waals surface area (Å²) in [6, 6.07) is 4.32. The highest BCUT2D eigenvalue weighted by molar-refractivity contribution is 9.10. The molecule has 0 spiro atoms. The van der Waals surface area contributed by atoms with Gasteiger partial charge >= 0.3 is 0 Å².